The maximum atomic E-state index is 12.5. The normalized spacial score (nSPS) is 12.2. The Morgan fingerprint density at radius 1 is 0.754 bits per heavy atom. The van der Waals surface area contributed by atoms with Crippen molar-refractivity contribution >= 4 is 59.2 Å². The molecule has 0 N–H and O–H groups in total. The van der Waals surface area contributed by atoms with Crippen LogP contribution in [-0.2, 0) is 30.8 Å². The molecule has 0 fully saturated rings. The van der Waals surface area contributed by atoms with E-state index in [-0.39, 0.29) is 74.5 Å². The number of allylic oxidation sites excluding steroid dienone is 5. The Morgan fingerprint density at radius 2 is 1.32 bits per heavy atom. The molecule has 0 amide bonds. The largest absolute Gasteiger partial charge is 1.00 e. The molecule has 0 bridgehead atoms. The number of hydrogen-bond donors (Lipinski definition) is 0. The van der Waals surface area contributed by atoms with Crippen LogP contribution in [0.5, 0.6) is 0 Å². The van der Waals surface area contributed by atoms with E-state index < -0.39 is 30.8 Å². The second-order valence-electron chi connectivity index (χ2n) is 13.0. The van der Waals surface area contributed by atoms with Gasteiger partial charge in [0.2, 0.25) is 0 Å². The van der Waals surface area contributed by atoms with Crippen LogP contribution in [0.2, 0.25) is 0 Å². The first-order chi connectivity index (χ1) is 25.7. The van der Waals surface area contributed by atoms with E-state index in [4.69, 9.17) is 12.6 Å². The Labute approximate surface area is 382 Å². The summed E-state index contributed by atoms with van der Waals surface area (Å²) in [6.45, 7) is 16.5. The summed E-state index contributed by atoms with van der Waals surface area (Å²) in [4.78, 5) is 1.40. The van der Waals surface area contributed by atoms with Crippen molar-refractivity contribution in [3.8, 4) is 0 Å². The van der Waals surface area contributed by atoms with Gasteiger partial charge in [-0.05, 0) is 98.4 Å². The van der Waals surface area contributed by atoms with Gasteiger partial charge in [0.05, 0.1) is 9.79 Å². The summed E-state index contributed by atoms with van der Waals surface area (Å²) in [6, 6.07) is 20.9. The van der Waals surface area contributed by atoms with Crippen molar-refractivity contribution in [3.05, 3.63) is 141 Å². The Morgan fingerprint density at radius 3 is 1.81 bits per heavy atom. The van der Waals surface area contributed by atoms with Gasteiger partial charge in [-0.1, -0.05) is 68.3 Å². The topological polar surface area (TPSA) is 172 Å². The number of hydrogen-bond acceptors (Lipinski definition) is 10. The number of rotatable bonds is 9. The SMILES string of the molecule is CCN(c1ccc(C(=C2C=CC(=[N+](CC)c3c(C)[c-]c(C)cc3C)C=C2)c2ccccc2S(=O)(=O)[O-])cc1)c1c(C)cc(C)c(S(=O)(=O)[O-])c1C.O=S(=O)=O.[Na+].[Na+]. The summed E-state index contributed by atoms with van der Waals surface area (Å²) in [5.74, 6) is 0. The zero-order chi connectivity index (χ0) is 41.0. The minimum atomic E-state index is -4.83. The second kappa shape index (κ2) is 20.8. The van der Waals surface area contributed by atoms with Gasteiger partial charge in [0.1, 0.15) is 32.5 Å². The molecular weight excluding hydrogens is 807 g/mol. The van der Waals surface area contributed by atoms with Crippen LogP contribution < -0.4 is 64.0 Å². The Kier molecular flexibility index (Phi) is 18.3. The van der Waals surface area contributed by atoms with Gasteiger partial charge in [0.25, 0.3) is 0 Å². The van der Waals surface area contributed by atoms with E-state index in [2.05, 4.69) is 30.6 Å². The van der Waals surface area contributed by atoms with Crippen molar-refractivity contribution in [2.24, 2.45) is 0 Å². The average molecular weight is 849 g/mol. The van der Waals surface area contributed by atoms with Crippen LogP contribution in [0, 0.1) is 47.6 Å². The molecule has 0 aliphatic heterocycles. The summed E-state index contributed by atoms with van der Waals surface area (Å²) in [7, 11) is -12.7. The first kappa shape index (κ1) is 50.2. The molecule has 1 aliphatic rings. The zero-order valence-corrected chi connectivity index (χ0v) is 40.2. The summed E-state index contributed by atoms with van der Waals surface area (Å²) in [5, 5.41) is 0. The maximum Gasteiger partial charge on any atom is 1.00 e. The number of benzene rings is 4. The van der Waals surface area contributed by atoms with Crippen molar-refractivity contribution in [3.63, 3.8) is 0 Å². The fraction of sp³-hybridized carbons (Fsp3) is 0.244. The molecule has 0 unspecified atom stereocenters. The molecule has 0 spiro atoms. The Bertz CT molecular complexity index is 2590. The molecule has 0 saturated carbocycles. The Hall–Kier alpha value is -2.99. The number of nitrogens with zero attached hydrogens (tertiary/aromatic N) is 2. The van der Waals surface area contributed by atoms with E-state index in [1.165, 1.54) is 12.1 Å². The van der Waals surface area contributed by atoms with Crippen molar-refractivity contribution in [2.45, 2.75) is 65.2 Å². The number of aryl methyl sites for hydroxylation is 5. The molecular formula is C41H42N2Na2O9S3. The molecule has 4 aromatic carbocycles. The van der Waals surface area contributed by atoms with Crippen LogP contribution in [0.1, 0.15) is 58.4 Å². The minimum absolute atomic E-state index is 0. The fourth-order valence-electron chi connectivity index (χ4n) is 7.38. The molecule has 0 heterocycles. The first-order valence-electron chi connectivity index (χ1n) is 17.2. The molecule has 290 valence electrons. The quantitative estimate of drug-likeness (QED) is 0.103. The van der Waals surface area contributed by atoms with E-state index in [0.29, 0.717) is 46.6 Å². The van der Waals surface area contributed by atoms with Crippen LogP contribution >= 0.6 is 0 Å². The van der Waals surface area contributed by atoms with Crippen LogP contribution in [0.15, 0.2) is 100 Å². The van der Waals surface area contributed by atoms with Crippen molar-refractivity contribution < 1.29 is 102 Å². The molecule has 57 heavy (non-hydrogen) atoms. The molecule has 0 aromatic heterocycles. The fourth-order valence-corrected chi connectivity index (χ4v) is 8.99. The van der Waals surface area contributed by atoms with Crippen LogP contribution in [0.3, 0.4) is 0 Å². The average Bonchev–Trinajstić information content (AvgIpc) is 3.08. The van der Waals surface area contributed by atoms with E-state index in [0.717, 1.165) is 39.3 Å². The molecule has 4 aromatic rings. The summed E-state index contributed by atoms with van der Waals surface area (Å²) >= 11 is 0. The maximum absolute atomic E-state index is 12.5. The van der Waals surface area contributed by atoms with Gasteiger partial charge in [0, 0.05) is 35.6 Å². The second-order valence-corrected chi connectivity index (χ2v) is 16.1. The third-order valence-corrected chi connectivity index (χ3v) is 11.2. The smallest absolute Gasteiger partial charge is 0.744 e. The Balaban J connectivity index is 0.00000178. The predicted molar refractivity (Wildman–Crippen MR) is 211 cm³/mol. The van der Waals surface area contributed by atoms with Gasteiger partial charge in [-0.2, -0.15) is 17.7 Å². The van der Waals surface area contributed by atoms with Gasteiger partial charge in [-0.25, -0.2) is 21.4 Å². The van der Waals surface area contributed by atoms with Gasteiger partial charge < -0.3 is 14.0 Å². The third kappa shape index (κ3) is 11.8. The van der Waals surface area contributed by atoms with E-state index >= 15 is 0 Å². The van der Waals surface area contributed by atoms with Crippen molar-refractivity contribution in [1.82, 2.24) is 0 Å². The molecule has 0 saturated heterocycles. The summed E-state index contributed by atoms with van der Waals surface area (Å²) in [5.41, 5.74) is 10.5. The van der Waals surface area contributed by atoms with E-state index in [9.17, 15) is 25.9 Å². The van der Waals surface area contributed by atoms with Crippen LogP contribution in [0.4, 0.5) is 17.1 Å². The van der Waals surface area contributed by atoms with Crippen molar-refractivity contribution in [1.29, 1.82) is 0 Å². The van der Waals surface area contributed by atoms with Gasteiger partial charge in [-0.3, -0.25) is 0 Å². The van der Waals surface area contributed by atoms with Crippen molar-refractivity contribution in [2.75, 3.05) is 18.0 Å². The molecule has 11 nitrogen and oxygen atoms in total. The third-order valence-electron chi connectivity index (χ3n) is 9.19. The van der Waals surface area contributed by atoms with E-state index in [1.807, 2.05) is 81.2 Å². The molecule has 0 radical (unpaired) electrons. The van der Waals surface area contributed by atoms with E-state index in [1.54, 1.807) is 32.0 Å². The van der Waals surface area contributed by atoms with Crippen LogP contribution in [-0.4, -0.2) is 61.9 Å². The minimum Gasteiger partial charge on any atom is -0.744 e. The summed E-state index contributed by atoms with van der Waals surface area (Å²) in [6.07, 6.45) is 7.84. The molecule has 1 aliphatic carbocycles. The van der Waals surface area contributed by atoms with Gasteiger partial charge >= 0.3 is 69.7 Å². The predicted octanol–water partition coefficient (Wildman–Crippen LogP) is 1.04. The zero-order valence-electron chi connectivity index (χ0n) is 33.8. The molecule has 16 heteroatoms. The standard InChI is InChI=1S/C41H44N2O6S2.2Na.O3S/c1-9-42(39-27(4)23-26(3)24-28(39)5)34-19-15-32(16-20-34)38(36-13-11-12-14-37(36)50(44,45)46)33-17-21-35(22-18-33)43(10-2)40-29(6)25-30(7)41(31(40)8)51(47,48)49;;;1-4(2)3/h11-23,25H,9-10H2,1-8H3,(H,44,45,46)(H,47,48,49);;;/q;2*+1;/p-2. The van der Waals surface area contributed by atoms with Gasteiger partial charge in [0.15, 0.2) is 5.71 Å². The molecule has 0 atom stereocenters. The first-order valence-corrected chi connectivity index (χ1v) is 21.0. The molecule has 5 rings (SSSR count). The number of anilines is 2. The van der Waals surface area contributed by atoms with Crippen LogP contribution in [0.25, 0.3) is 5.57 Å². The van der Waals surface area contributed by atoms with Gasteiger partial charge in [-0.15, -0.1) is 12.6 Å². The summed E-state index contributed by atoms with van der Waals surface area (Å²) < 4.78 is 102. The monoisotopic (exact) mass is 848 g/mol.